The fourth-order valence-corrected chi connectivity index (χ4v) is 2.41. The van der Waals surface area contributed by atoms with Crippen LogP contribution in [0.25, 0.3) is 0 Å². The number of amides is 2. The lowest BCUT2D eigenvalue weighted by Crippen LogP contribution is -2.42. The van der Waals surface area contributed by atoms with Crippen molar-refractivity contribution in [3.63, 3.8) is 0 Å². The maximum Gasteiger partial charge on any atom is 0.417 e. The molecule has 0 unspecified atom stereocenters. The van der Waals surface area contributed by atoms with Crippen LogP contribution in [0.4, 0.5) is 18.9 Å². The third kappa shape index (κ3) is 5.95. The molecule has 142 valence electrons. The number of halogens is 3. The van der Waals surface area contributed by atoms with Gasteiger partial charge in [0, 0.05) is 23.9 Å². The molecule has 1 heterocycles. The second kappa shape index (κ2) is 8.49. The SMILES string of the molecule is O=C(CSc1ccc(C(F)(F)F)cn1)NNC(=O)c1cccc([N+](=O)[O-])c1. The Kier molecular flexibility index (Phi) is 6.34. The molecule has 0 fully saturated rings. The zero-order chi connectivity index (χ0) is 20.0. The molecule has 2 N–H and O–H groups in total. The zero-order valence-electron chi connectivity index (χ0n) is 13.3. The number of alkyl halides is 3. The Balaban J connectivity index is 1.83. The maximum absolute atomic E-state index is 12.4. The highest BCUT2D eigenvalue weighted by Gasteiger charge is 2.30. The lowest BCUT2D eigenvalue weighted by molar-refractivity contribution is -0.384. The molecule has 2 rings (SSSR count). The molecule has 2 aromatic rings. The van der Waals surface area contributed by atoms with Crippen LogP contribution in [-0.2, 0) is 11.0 Å². The molecule has 27 heavy (non-hydrogen) atoms. The van der Waals surface area contributed by atoms with Crippen LogP contribution in [0.5, 0.6) is 0 Å². The highest BCUT2D eigenvalue weighted by Crippen LogP contribution is 2.29. The number of nitro groups is 1. The number of nitrogens with one attached hydrogen (secondary N) is 2. The molecule has 2 amide bonds. The van der Waals surface area contributed by atoms with Crippen LogP contribution in [0.2, 0.25) is 0 Å². The van der Waals surface area contributed by atoms with Crippen LogP contribution >= 0.6 is 11.8 Å². The first kappa shape index (κ1) is 20.2. The van der Waals surface area contributed by atoms with Crippen LogP contribution in [0.3, 0.4) is 0 Å². The minimum Gasteiger partial charge on any atom is -0.272 e. The third-order valence-electron chi connectivity index (χ3n) is 3.05. The number of non-ortho nitro benzene ring substituents is 1. The quantitative estimate of drug-likeness (QED) is 0.453. The molecule has 12 heteroatoms. The summed E-state index contributed by atoms with van der Waals surface area (Å²) in [6.07, 6.45) is -3.84. The van der Waals surface area contributed by atoms with Gasteiger partial charge in [0.05, 0.1) is 21.3 Å². The number of nitro benzene ring substituents is 1. The topological polar surface area (TPSA) is 114 Å². The molecule has 1 aromatic heterocycles. The van der Waals surface area contributed by atoms with Crippen LogP contribution in [0, 0.1) is 10.1 Å². The van der Waals surface area contributed by atoms with Gasteiger partial charge >= 0.3 is 6.18 Å². The van der Waals surface area contributed by atoms with E-state index >= 15 is 0 Å². The number of pyridine rings is 1. The van der Waals surface area contributed by atoms with E-state index in [2.05, 4.69) is 15.8 Å². The molecule has 1 aromatic carbocycles. The number of rotatable bonds is 5. The summed E-state index contributed by atoms with van der Waals surface area (Å²) in [5.74, 6) is -1.61. The normalized spacial score (nSPS) is 10.9. The number of hydrogen-bond acceptors (Lipinski definition) is 6. The first-order chi connectivity index (χ1) is 12.7. The summed E-state index contributed by atoms with van der Waals surface area (Å²) in [7, 11) is 0. The van der Waals surface area contributed by atoms with Crippen molar-refractivity contribution in [2.75, 3.05) is 5.75 Å². The standard InChI is InChI=1S/C15H11F3N4O4S/c16-15(17,18)10-4-5-13(19-7-10)27-8-12(23)20-21-14(24)9-2-1-3-11(6-9)22(25)26/h1-7H,8H2,(H,20,23)(H,21,24). The van der Waals surface area contributed by atoms with E-state index in [1.165, 1.54) is 18.2 Å². The van der Waals surface area contributed by atoms with Gasteiger partial charge in [0.25, 0.3) is 11.6 Å². The predicted molar refractivity (Wildman–Crippen MR) is 88.7 cm³/mol. The molecule has 0 bridgehead atoms. The summed E-state index contributed by atoms with van der Waals surface area (Å²) in [5.41, 5.74) is 2.98. The Morgan fingerprint density at radius 2 is 1.93 bits per heavy atom. The number of carbonyl (C=O) groups excluding carboxylic acids is 2. The molecule has 0 atom stereocenters. The second-order valence-corrected chi connectivity index (χ2v) is 5.98. The van der Waals surface area contributed by atoms with Gasteiger partial charge in [-0.05, 0) is 18.2 Å². The molecule has 0 saturated heterocycles. The second-order valence-electron chi connectivity index (χ2n) is 4.98. The molecule has 8 nitrogen and oxygen atoms in total. The van der Waals surface area contributed by atoms with E-state index in [4.69, 9.17) is 0 Å². The van der Waals surface area contributed by atoms with Gasteiger partial charge in [0.15, 0.2) is 0 Å². The highest BCUT2D eigenvalue weighted by molar-refractivity contribution is 7.99. The van der Waals surface area contributed by atoms with Gasteiger partial charge in [-0.15, -0.1) is 0 Å². The number of nitrogens with zero attached hydrogens (tertiary/aromatic N) is 2. The van der Waals surface area contributed by atoms with Crippen molar-refractivity contribution in [3.8, 4) is 0 Å². The van der Waals surface area contributed by atoms with E-state index in [1.807, 2.05) is 0 Å². The largest absolute Gasteiger partial charge is 0.417 e. The Hall–Kier alpha value is -3.15. The lowest BCUT2D eigenvalue weighted by Gasteiger charge is -2.08. The first-order valence-electron chi connectivity index (χ1n) is 7.16. The van der Waals surface area contributed by atoms with E-state index < -0.39 is 28.5 Å². The molecule has 0 aliphatic carbocycles. The minimum absolute atomic E-state index is 0.0263. The van der Waals surface area contributed by atoms with E-state index in [0.717, 1.165) is 30.0 Å². The van der Waals surface area contributed by atoms with Crippen molar-refractivity contribution in [1.29, 1.82) is 0 Å². The number of benzene rings is 1. The fraction of sp³-hybridized carbons (Fsp3) is 0.133. The summed E-state index contributed by atoms with van der Waals surface area (Å²) >= 11 is 0.871. The van der Waals surface area contributed by atoms with E-state index in [-0.39, 0.29) is 22.0 Å². The van der Waals surface area contributed by atoms with Gasteiger partial charge in [-0.1, -0.05) is 17.8 Å². The first-order valence-corrected chi connectivity index (χ1v) is 8.15. The molecule has 0 saturated carbocycles. The van der Waals surface area contributed by atoms with Crippen molar-refractivity contribution < 1.29 is 27.7 Å². The summed E-state index contributed by atoms with van der Waals surface area (Å²) in [5, 5.41) is 10.9. The number of hydrogen-bond donors (Lipinski definition) is 2. The lowest BCUT2D eigenvalue weighted by atomic mass is 10.2. The van der Waals surface area contributed by atoms with Gasteiger partial charge in [-0.25, -0.2) is 4.98 Å². The third-order valence-corrected chi connectivity index (χ3v) is 3.99. The van der Waals surface area contributed by atoms with Crippen LogP contribution in [0.1, 0.15) is 15.9 Å². The summed E-state index contributed by atoms with van der Waals surface area (Å²) in [6.45, 7) is 0. The van der Waals surface area contributed by atoms with E-state index in [1.54, 1.807) is 0 Å². The molecule has 0 spiro atoms. The van der Waals surface area contributed by atoms with Crippen LogP contribution in [-0.4, -0.2) is 27.5 Å². The highest BCUT2D eigenvalue weighted by atomic mass is 32.2. The Labute approximate surface area is 154 Å². The maximum atomic E-state index is 12.4. The molecular weight excluding hydrogens is 389 g/mol. The average Bonchev–Trinajstić information content (AvgIpc) is 2.64. The van der Waals surface area contributed by atoms with Gasteiger partial charge in [-0.3, -0.25) is 30.6 Å². The molecule has 0 aliphatic heterocycles. The summed E-state index contributed by atoms with van der Waals surface area (Å²) in [4.78, 5) is 37.2. The fourth-order valence-electron chi connectivity index (χ4n) is 1.77. The zero-order valence-corrected chi connectivity index (χ0v) is 14.1. The smallest absolute Gasteiger partial charge is 0.272 e. The van der Waals surface area contributed by atoms with Crippen molar-refractivity contribution in [2.24, 2.45) is 0 Å². The average molecular weight is 400 g/mol. The van der Waals surface area contributed by atoms with Crippen molar-refractivity contribution in [1.82, 2.24) is 15.8 Å². The van der Waals surface area contributed by atoms with Gasteiger partial charge < -0.3 is 0 Å². The van der Waals surface area contributed by atoms with Gasteiger partial charge in [-0.2, -0.15) is 13.2 Å². The van der Waals surface area contributed by atoms with Crippen molar-refractivity contribution in [3.05, 3.63) is 63.8 Å². The number of hydrazine groups is 1. The van der Waals surface area contributed by atoms with Crippen molar-refractivity contribution in [2.45, 2.75) is 11.2 Å². The van der Waals surface area contributed by atoms with Crippen molar-refractivity contribution >= 4 is 29.3 Å². The Bertz CT molecular complexity index is 859. The number of thioether (sulfide) groups is 1. The molecule has 0 aliphatic rings. The van der Waals surface area contributed by atoms with E-state index in [9.17, 15) is 32.9 Å². The Morgan fingerprint density at radius 1 is 1.19 bits per heavy atom. The number of aromatic nitrogens is 1. The monoisotopic (exact) mass is 400 g/mol. The summed E-state index contributed by atoms with van der Waals surface area (Å²) < 4.78 is 37.3. The molecule has 0 radical (unpaired) electrons. The molecular formula is C15H11F3N4O4S. The van der Waals surface area contributed by atoms with E-state index in [0.29, 0.717) is 6.20 Å². The van der Waals surface area contributed by atoms with Crippen LogP contribution in [0.15, 0.2) is 47.6 Å². The van der Waals surface area contributed by atoms with Gasteiger partial charge in [0.1, 0.15) is 0 Å². The number of carbonyl (C=O) groups is 2. The minimum atomic E-state index is -4.50. The summed E-state index contributed by atoms with van der Waals surface area (Å²) in [6, 6.07) is 6.88. The predicted octanol–water partition coefficient (Wildman–Crippen LogP) is 2.56. The Morgan fingerprint density at radius 3 is 2.52 bits per heavy atom. The van der Waals surface area contributed by atoms with Gasteiger partial charge in [0.2, 0.25) is 5.91 Å². The van der Waals surface area contributed by atoms with Crippen LogP contribution < -0.4 is 10.9 Å².